The van der Waals surface area contributed by atoms with Gasteiger partial charge in [0.2, 0.25) is 5.91 Å². The number of hydrogen-bond donors (Lipinski definition) is 2. The summed E-state index contributed by atoms with van der Waals surface area (Å²) in [6.07, 6.45) is -4.56. The molecule has 1 heterocycles. The summed E-state index contributed by atoms with van der Waals surface area (Å²) in [5.41, 5.74) is 4.18. The molecule has 0 atom stereocenters. The van der Waals surface area contributed by atoms with Crippen LogP contribution in [0.25, 0.3) is 5.69 Å². The fraction of sp³-hybridized carbons (Fsp3) is 0.200. The van der Waals surface area contributed by atoms with Crippen LogP contribution in [0.1, 0.15) is 11.4 Å². The molecular weight excluding hydrogens is 463 g/mol. The van der Waals surface area contributed by atoms with E-state index in [1.807, 2.05) is 5.32 Å². The van der Waals surface area contributed by atoms with Crippen LogP contribution in [0.2, 0.25) is 0 Å². The summed E-state index contributed by atoms with van der Waals surface area (Å²) >= 11 is 0.869. The SMILES string of the molecule is COc1ccc(OCc2nnc(SCC(=O)NC(N)=O)n2-c2cccc(C(F)(F)F)c2)cc1. The van der Waals surface area contributed by atoms with E-state index in [0.29, 0.717) is 11.5 Å². The highest BCUT2D eigenvalue weighted by Gasteiger charge is 2.31. The minimum Gasteiger partial charge on any atom is -0.497 e. The van der Waals surface area contributed by atoms with Gasteiger partial charge in [-0.25, -0.2) is 4.79 Å². The van der Waals surface area contributed by atoms with Gasteiger partial charge in [-0.1, -0.05) is 17.8 Å². The molecule has 0 aliphatic heterocycles. The summed E-state index contributed by atoms with van der Waals surface area (Å²) in [5.74, 6) is 0.344. The van der Waals surface area contributed by atoms with Crippen molar-refractivity contribution < 1.29 is 32.2 Å². The number of rotatable bonds is 8. The van der Waals surface area contributed by atoms with Gasteiger partial charge in [0.1, 0.15) is 18.1 Å². The second-order valence-electron chi connectivity index (χ2n) is 6.45. The first-order chi connectivity index (χ1) is 15.7. The summed E-state index contributed by atoms with van der Waals surface area (Å²) in [6, 6.07) is 10.2. The van der Waals surface area contributed by atoms with Crippen LogP contribution >= 0.6 is 11.8 Å². The van der Waals surface area contributed by atoms with Crippen molar-refractivity contribution in [1.29, 1.82) is 0 Å². The number of carbonyl (C=O) groups is 2. The minimum absolute atomic E-state index is 0.121. The number of nitrogens with two attached hydrogens (primary N) is 1. The van der Waals surface area contributed by atoms with Crippen LogP contribution in [0.3, 0.4) is 0 Å². The van der Waals surface area contributed by atoms with Gasteiger partial charge in [-0.15, -0.1) is 10.2 Å². The molecule has 0 aliphatic carbocycles. The summed E-state index contributed by atoms with van der Waals surface area (Å²) in [4.78, 5) is 22.6. The third kappa shape index (κ3) is 6.38. The number of nitrogens with zero attached hydrogens (tertiary/aromatic N) is 3. The predicted molar refractivity (Wildman–Crippen MR) is 112 cm³/mol. The maximum absolute atomic E-state index is 13.2. The second kappa shape index (κ2) is 10.3. The summed E-state index contributed by atoms with van der Waals surface area (Å²) < 4.78 is 51.8. The van der Waals surface area contributed by atoms with Gasteiger partial charge in [-0.2, -0.15) is 13.2 Å². The highest BCUT2D eigenvalue weighted by molar-refractivity contribution is 7.99. The van der Waals surface area contributed by atoms with Crippen molar-refractivity contribution in [2.75, 3.05) is 12.9 Å². The van der Waals surface area contributed by atoms with Crippen molar-refractivity contribution in [2.24, 2.45) is 5.73 Å². The van der Waals surface area contributed by atoms with Gasteiger partial charge in [0.15, 0.2) is 11.0 Å². The molecule has 2 aromatic carbocycles. The molecule has 1 aromatic heterocycles. The third-order valence-corrected chi connectivity index (χ3v) is 5.08. The molecule has 0 radical (unpaired) electrons. The van der Waals surface area contributed by atoms with Crippen molar-refractivity contribution in [3.63, 3.8) is 0 Å². The molecule has 0 fully saturated rings. The lowest BCUT2D eigenvalue weighted by Gasteiger charge is -2.13. The van der Waals surface area contributed by atoms with E-state index >= 15 is 0 Å². The molecule has 0 unspecified atom stereocenters. The van der Waals surface area contributed by atoms with Gasteiger partial charge >= 0.3 is 12.2 Å². The third-order valence-electron chi connectivity index (χ3n) is 4.15. The Labute approximate surface area is 190 Å². The molecule has 174 valence electrons. The maximum Gasteiger partial charge on any atom is 0.416 e. The molecule has 3 aromatic rings. The number of benzene rings is 2. The summed E-state index contributed by atoms with van der Waals surface area (Å²) in [5, 5.41) is 10.0. The lowest BCUT2D eigenvalue weighted by Crippen LogP contribution is -2.36. The average Bonchev–Trinajstić information content (AvgIpc) is 3.18. The molecule has 0 saturated heterocycles. The molecular formula is C20H18F3N5O4S. The first-order valence-corrected chi connectivity index (χ1v) is 10.3. The Balaban J connectivity index is 1.89. The molecule has 9 nitrogen and oxygen atoms in total. The zero-order valence-corrected chi connectivity index (χ0v) is 17.9. The number of amides is 3. The Morgan fingerprint density at radius 3 is 2.45 bits per heavy atom. The smallest absolute Gasteiger partial charge is 0.416 e. The first-order valence-electron chi connectivity index (χ1n) is 9.28. The van der Waals surface area contributed by atoms with Gasteiger partial charge in [-0.3, -0.25) is 14.7 Å². The maximum atomic E-state index is 13.2. The van der Waals surface area contributed by atoms with E-state index in [9.17, 15) is 22.8 Å². The molecule has 0 aliphatic rings. The quantitative estimate of drug-likeness (QED) is 0.474. The average molecular weight is 481 g/mol. The van der Waals surface area contributed by atoms with E-state index in [-0.39, 0.29) is 29.0 Å². The number of methoxy groups -OCH3 is 1. The Morgan fingerprint density at radius 1 is 1.12 bits per heavy atom. The number of urea groups is 1. The lowest BCUT2D eigenvalue weighted by atomic mass is 10.2. The summed E-state index contributed by atoms with van der Waals surface area (Å²) in [6.45, 7) is -0.121. The number of hydrogen-bond acceptors (Lipinski definition) is 7. The van der Waals surface area contributed by atoms with Gasteiger partial charge < -0.3 is 15.2 Å². The standard InChI is InChI=1S/C20H18F3N5O4S/c1-31-14-5-7-15(8-6-14)32-10-16-26-27-19(33-11-17(29)25-18(24)30)28(16)13-4-2-3-12(9-13)20(21,22)23/h2-9H,10-11H2,1H3,(H3,24,25,29,30). The van der Waals surface area contributed by atoms with Gasteiger partial charge in [0.25, 0.3) is 0 Å². The largest absolute Gasteiger partial charge is 0.497 e. The van der Waals surface area contributed by atoms with Crippen LogP contribution in [-0.2, 0) is 17.6 Å². The Morgan fingerprint density at radius 2 is 1.82 bits per heavy atom. The Bertz CT molecular complexity index is 1140. The van der Waals surface area contributed by atoms with Crippen molar-refractivity contribution >= 4 is 23.7 Å². The van der Waals surface area contributed by atoms with Crippen LogP contribution in [0, 0.1) is 0 Å². The molecule has 0 spiro atoms. The van der Waals surface area contributed by atoms with E-state index < -0.39 is 23.7 Å². The number of ether oxygens (including phenoxy) is 2. The zero-order valence-electron chi connectivity index (χ0n) is 17.1. The van der Waals surface area contributed by atoms with Gasteiger partial charge in [0, 0.05) is 0 Å². The fourth-order valence-electron chi connectivity index (χ4n) is 2.69. The van der Waals surface area contributed by atoms with Crippen LogP contribution in [0.4, 0.5) is 18.0 Å². The highest BCUT2D eigenvalue weighted by Crippen LogP contribution is 2.32. The number of alkyl halides is 3. The highest BCUT2D eigenvalue weighted by atomic mass is 32.2. The van der Waals surface area contributed by atoms with Crippen molar-refractivity contribution in [3.8, 4) is 17.2 Å². The van der Waals surface area contributed by atoms with Crippen molar-refractivity contribution in [2.45, 2.75) is 17.9 Å². The molecule has 3 amide bonds. The van der Waals surface area contributed by atoms with Crippen molar-refractivity contribution in [1.82, 2.24) is 20.1 Å². The normalized spacial score (nSPS) is 11.2. The summed E-state index contributed by atoms with van der Waals surface area (Å²) in [7, 11) is 1.52. The molecule has 0 bridgehead atoms. The monoisotopic (exact) mass is 481 g/mol. The number of thioether (sulfide) groups is 1. The lowest BCUT2D eigenvalue weighted by molar-refractivity contribution is -0.137. The van der Waals surface area contributed by atoms with Crippen LogP contribution in [-0.4, -0.2) is 39.6 Å². The first kappa shape index (κ1) is 23.9. The van der Waals surface area contributed by atoms with Gasteiger partial charge in [0.05, 0.1) is 24.1 Å². The van der Waals surface area contributed by atoms with Crippen LogP contribution in [0.5, 0.6) is 11.5 Å². The van der Waals surface area contributed by atoms with Crippen LogP contribution in [0.15, 0.2) is 53.7 Å². The number of halogens is 3. The van der Waals surface area contributed by atoms with E-state index in [4.69, 9.17) is 15.2 Å². The molecule has 3 N–H and O–H groups in total. The van der Waals surface area contributed by atoms with Crippen molar-refractivity contribution in [3.05, 3.63) is 59.9 Å². The number of imide groups is 1. The number of carbonyl (C=O) groups excluding carboxylic acids is 2. The van der Waals surface area contributed by atoms with Gasteiger partial charge in [-0.05, 0) is 42.5 Å². The van der Waals surface area contributed by atoms with E-state index in [1.54, 1.807) is 24.3 Å². The molecule has 3 rings (SSSR count). The predicted octanol–water partition coefficient (Wildman–Crippen LogP) is 3.16. The number of nitrogens with one attached hydrogen (secondary N) is 1. The molecule has 0 saturated carbocycles. The second-order valence-corrected chi connectivity index (χ2v) is 7.39. The topological polar surface area (TPSA) is 121 Å². The molecule has 13 heteroatoms. The Kier molecular flexibility index (Phi) is 7.43. The fourth-order valence-corrected chi connectivity index (χ4v) is 3.46. The Hall–Kier alpha value is -3.74. The van der Waals surface area contributed by atoms with E-state index in [1.165, 1.54) is 23.8 Å². The zero-order chi connectivity index (χ0) is 24.0. The molecule has 33 heavy (non-hydrogen) atoms. The van der Waals surface area contributed by atoms with E-state index in [0.717, 1.165) is 23.9 Å². The van der Waals surface area contributed by atoms with E-state index in [2.05, 4.69) is 10.2 Å². The number of aromatic nitrogens is 3. The number of primary amides is 1. The minimum atomic E-state index is -4.56. The van der Waals surface area contributed by atoms with Crippen LogP contribution < -0.4 is 20.5 Å².